The molecule has 0 aliphatic carbocycles. The number of rotatable bonds is 5. The van der Waals surface area contributed by atoms with E-state index in [1.165, 1.54) is 11.9 Å². The third-order valence-corrected chi connectivity index (χ3v) is 4.10. The molecule has 3 rings (SSSR count). The molecule has 0 bridgehead atoms. The van der Waals surface area contributed by atoms with Crippen molar-refractivity contribution >= 4 is 11.7 Å². The van der Waals surface area contributed by atoms with E-state index in [-0.39, 0.29) is 6.54 Å². The van der Waals surface area contributed by atoms with E-state index >= 15 is 0 Å². The molecule has 1 atom stereocenters. The Kier molecular flexibility index (Phi) is 5.13. The van der Waals surface area contributed by atoms with E-state index in [0.29, 0.717) is 5.69 Å². The number of aryl methyl sites for hydroxylation is 2. The second-order valence-electron chi connectivity index (χ2n) is 7.41. The number of Topliss-reactive ketones (excluding diaryl/α,β-unsaturated/α-hetero) is 1. The van der Waals surface area contributed by atoms with Crippen molar-refractivity contribution in [3.63, 3.8) is 0 Å². The molecule has 0 spiro atoms. The number of hydrogen-bond acceptors (Lipinski definition) is 5. The highest BCUT2D eigenvalue weighted by Crippen LogP contribution is 2.26. The van der Waals surface area contributed by atoms with E-state index in [9.17, 15) is 9.59 Å². The molecule has 2 heterocycles. The standard InChI is InChI=1S/C20H23N3O3/c1-20(2,3)26-23-12-16(18(24)19(23)25)17-11-15(21-13-22-17)10-9-14-7-5-4-6-8-14/h4-8,11,13,16H,9-10,12H2,1-3H3. The quantitative estimate of drug-likeness (QED) is 0.772. The normalized spacial score (nSPS) is 17.8. The van der Waals surface area contributed by atoms with Crippen molar-refractivity contribution in [1.29, 1.82) is 0 Å². The number of amides is 1. The van der Waals surface area contributed by atoms with Crippen LogP contribution in [0.15, 0.2) is 42.7 Å². The lowest BCUT2D eigenvalue weighted by Crippen LogP contribution is -2.36. The van der Waals surface area contributed by atoms with Gasteiger partial charge in [0.2, 0.25) is 5.78 Å². The van der Waals surface area contributed by atoms with Crippen LogP contribution >= 0.6 is 0 Å². The first-order valence-electron chi connectivity index (χ1n) is 8.73. The maximum Gasteiger partial charge on any atom is 0.314 e. The third kappa shape index (κ3) is 4.32. The molecule has 6 heteroatoms. The van der Waals surface area contributed by atoms with Crippen LogP contribution in [0.25, 0.3) is 0 Å². The lowest BCUT2D eigenvalue weighted by molar-refractivity contribution is -0.218. The van der Waals surface area contributed by atoms with Crippen LogP contribution < -0.4 is 0 Å². The molecule has 0 saturated carbocycles. The largest absolute Gasteiger partial charge is 0.314 e. The third-order valence-electron chi connectivity index (χ3n) is 4.10. The number of nitrogens with zero attached hydrogens (tertiary/aromatic N) is 3. The summed E-state index contributed by atoms with van der Waals surface area (Å²) in [6.45, 7) is 5.70. The maximum absolute atomic E-state index is 12.4. The first kappa shape index (κ1) is 18.2. The van der Waals surface area contributed by atoms with Gasteiger partial charge in [-0.25, -0.2) is 15.0 Å². The molecule has 2 aromatic rings. The lowest BCUT2D eigenvalue weighted by Gasteiger charge is -2.25. The van der Waals surface area contributed by atoms with Crippen LogP contribution in [0.1, 0.15) is 43.6 Å². The summed E-state index contributed by atoms with van der Waals surface area (Å²) < 4.78 is 0. The minimum Gasteiger partial charge on any atom is -0.288 e. The van der Waals surface area contributed by atoms with Gasteiger partial charge in [-0.3, -0.25) is 14.4 Å². The first-order valence-corrected chi connectivity index (χ1v) is 8.73. The Morgan fingerprint density at radius 3 is 2.54 bits per heavy atom. The first-order chi connectivity index (χ1) is 12.3. The minimum atomic E-state index is -0.616. The second-order valence-corrected chi connectivity index (χ2v) is 7.41. The molecule has 1 amide bonds. The van der Waals surface area contributed by atoms with Gasteiger partial charge in [-0.1, -0.05) is 30.3 Å². The molecule has 1 unspecified atom stereocenters. The van der Waals surface area contributed by atoms with E-state index in [1.54, 1.807) is 0 Å². The molecule has 1 aromatic heterocycles. The maximum atomic E-state index is 12.4. The molecule has 1 aliphatic heterocycles. The topological polar surface area (TPSA) is 72.4 Å². The Morgan fingerprint density at radius 1 is 1.12 bits per heavy atom. The Balaban J connectivity index is 1.71. The Morgan fingerprint density at radius 2 is 1.85 bits per heavy atom. The molecule has 1 saturated heterocycles. The monoisotopic (exact) mass is 353 g/mol. The van der Waals surface area contributed by atoms with Crippen molar-refractivity contribution in [3.8, 4) is 0 Å². The highest BCUT2D eigenvalue weighted by Gasteiger charge is 2.43. The summed E-state index contributed by atoms with van der Waals surface area (Å²) >= 11 is 0. The van der Waals surface area contributed by atoms with Crippen LogP contribution in [0.3, 0.4) is 0 Å². The summed E-state index contributed by atoms with van der Waals surface area (Å²) in [5.74, 6) is -1.71. The number of carbonyl (C=O) groups is 2. The number of hydroxylamine groups is 2. The fraction of sp³-hybridized carbons (Fsp3) is 0.400. The van der Waals surface area contributed by atoms with Gasteiger partial charge >= 0.3 is 5.91 Å². The zero-order chi connectivity index (χ0) is 18.7. The van der Waals surface area contributed by atoms with Gasteiger partial charge in [-0.2, -0.15) is 0 Å². The molecule has 1 aromatic carbocycles. The SMILES string of the molecule is CC(C)(C)ON1CC(c2cc(CCc3ccccc3)ncn2)C(=O)C1=O. The van der Waals surface area contributed by atoms with Crippen LogP contribution in [0.5, 0.6) is 0 Å². The zero-order valence-corrected chi connectivity index (χ0v) is 15.3. The van der Waals surface area contributed by atoms with Crippen molar-refractivity contribution in [3.05, 3.63) is 59.7 Å². The Hall–Kier alpha value is -2.60. The fourth-order valence-corrected chi connectivity index (χ4v) is 2.90. The average molecular weight is 353 g/mol. The number of hydrogen-bond donors (Lipinski definition) is 0. The van der Waals surface area contributed by atoms with E-state index in [0.717, 1.165) is 23.6 Å². The number of aromatic nitrogens is 2. The fourth-order valence-electron chi connectivity index (χ4n) is 2.90. The highest BCUT2D eigenvalue weighted by molar-refractivity contribution is 6.39. The van der Waals surface area contributed by atoms with Gasteiger partial charge in [-0.05, 0) is 45.2 Å². The molecule has 1 aliphatic rings. The summed E-state index contributed by atoms with van der Waals surface area (Å²) in [6.07, 6.45) is 3.06. The van der Waals surface area contributed by atoms with Crippen molar-refractivity contribution in [2.75, 3.05) is 6.54 Å². The molecule has 0 N–H and O–H groups in total. The van der Waals surface area contributed by atoms with E-state index in [4.69, 9.17) is 4.84 Å². The molecule has 26 heavy (non-hydrogen) atoms. The van der Waals surface area contributed by atoms with Crippen LogP contribution in [-0.2, 0) is 27.3 Å². The van der Waals surface area contributed by atoms with E-state index in [2.05, 4.69) is 22.1 Å². The van der Waals surface area contributed by atoms with Gasteiger partial charge in [-0.15, -0.1) is 0 Å². The summed E-state index contributed by atoms with van der Waals surface area (Å²) in [5.41, 5.74) is 2.11. The number of ketones is 1. The zero-order valence-electron chi connectivity index (χ0n) is 15.3. The summed E-state index contributed by atoms with van der Waals surface area (Å²) in [5, 5.41) is 1.15. The van der Waals surface area contributed by atoms with Crippen LogP contribution in [0.2, 0.25) is 0 Å². The van der Waals surface area contributed by atoms with Gasteiger partial charge in [0, 0.05) is 5.69 Å². The predicted octanol–water partition coefficient (Wildman–Crippen LogP) is 2.49. The molecule has 136 valence electrons. The lowest BCUT2D eigenvalue weighted by atomic mass is 10.0. The van der Waals surface area contributed by atoms with Crippen LogP contribution in [-0.4, -0.2) is 38.9 Å². The summed E-state index contributed by atoms with van der Waals surface area (Å²) in [6, 6.07) is 12.0. The molecular formula is C20H23N3O3. The second kappa shape index (κ2) is 7.33. The van der Waals surface area contributed by atoms with Gasteiger partial charge in [0.15, 0.2) is 0 Å². The van der Waals surface area contributed by atoms with Gasteiger partial charge < -0.3 is 0 Å². The molecule has 0 radical (unpaired) electrons. The number of benzene rings is 1. The summed E-state index contributed by atoms with van der Waals surface area (Å²) in [4.78, 5) is 38.6. The van der Waals surface area contributed by atoms with Crippen molar-refractivity contribution in [1.82, 2.24) is 15.0 Å². The van der Waals surface area contributed by atoms with Crippen molar-refractivity contribution < 1.29 is 14.4 Å². The van der Waals surface area contributed by atoms with Crippen molar-refractivity contribution in [2.45, 2.75) is 45.1 Å². The summed E-state index contributed by atoms with van der Waals surface area (Å²) in [7, 11) is 0. The molecule has 6 nitrogen and oxygen atoms in total. The van der Waals surface area contributed by atoms with Crippen LogP contribution in [0, 0.1) is 0 Å². The average Bonchev–Trinajstić information content (AvgIpc) is 2.88. The van der Waals surface area contributed by atoms with Gasteiger partial charge in [0.1, 0.15) is 6.33 Å². The van der Waals surface area contributed by atoms with Crippen LogP contribution in [0.4, 0.5) is 0 Å². The van der Waals surface area contributed by atoms with Gasteiger partial charge in [0.05, 0.1) is 23.8 Å². The minimum absolute atomic E-state index is 0.185. The predicted molar refractivity (Wildman–Crippen MR) is 96.2 cm³/mol. The van der Waals surface area contributed by atoms with E-state index in [1.807, 2.05) is 45.0 Å². The smallest absolute Gasteiger partial charge is 0.288 e. The Labute approximate surface area is 153 Å². The molecule has 1 fully saturated rings. The van der Waals surface area contributed by atoms with Gasteiger partial charge in [0.25, 0.3) is 0 Å². The number of carbonyl (C=O) groups excluding carboxylic acids is 2. The molecular weight excluding hydrogens is 330 g/mol. The van der Waals surface area contributed by atoms with E-state index < -0.39 is 23.2 Å². The van der Waals surface area contributed by atoms with Crippen molar-refractivity contribution in [2.24, 2.45) is 0 Å². The highest BCUT2D eigenvalue weighted by atomic mass is 16.7. The Bertz CT molecular complexity index is 799.